The second-order valence-corrected chi connectivity index (χ2v) is 5.79. The zero-order chi connectivity index (χ0) is 16.9. The molecule has 0 N–H and O–H groups in total. The van der Waals surface area contributed by atoms with E-state index in [4.69, 9.17) is 22.2 Å². The van der Waals surface area contributed by atoms with Crippen LogP contribution in [0.2, 0.25) is 0 Å². The van der Waals surface area contributed by atoms with Gasteiger partial charge in [-0.1, -0.05) is 48.6 Å². The molecule has 1 heterocycles. The molecular formula is C20H16N2OS. The molecule has 2 aromatic carbocycles. The summed E-state index contributed by atoms with van der Waals surface area (Å²) in [5.74, 6) is 0.706. The molecule has 0 fully saturated rings. The van der Waals surface area contributed by atoms with Crippen molar-refractivity contribution >= 4 is 12.2 Å². The number of aromatic nitrogens is 1. The number of hydrogen-bond acceptors (Lipinski definition) is 3. The first-order chi connectivity index (χ1) is 11.7. The Hall–Kier alpha value is -2.90. The maximum atomic E-state index is 9.01. The molecule has 0 atom stereocenters. The fourth-order valence-corrected chi connectivity index (χ4v) is 2.84. The van der Waals surface area contributed by atoms with Crippen molar-refractivity contribution in [3.05, 3.63) is 82.6 Å². The van der Waals surface area contributed by atoms with Gasteiger partial charge in [-0.3, -0.25) is 0 Å². The molecular weight excluding hydrogens is 316 g/mol. The van der Waals surface area contributed by atoms with E-state index in [9.17, 15) is 0 Å². The Bertz CT molecular complexity index is 952. The minimum absolute atomic E-state index is 0.666. The van der Waals surface area contributed by atoms with Gasteiger partial charge in [0, 0.05) is 12.7 Å². The minimum Gasteiger partial charge on any atom is -0.494 e. The van der Waals surface area contributed by atoms with E-state index in [0.717, 1.165) is 16.7 Å². The lowest BCUT2D eigenvalue weighted by Gasteiger charge is -2.10. The summed E-state index contributed by atoms with van der Waals surface area (Å²) >= 11 is 5.43. The van der Waals surface area contributed by atoms with E-state index in [-0.39, 0.29) is 0 Å². The average molecular weight is 332 g/mol. The van der Waals surface area contributed by atoms with Crippen molar-refractivity contribution in [1.29, 1.82) is 5.26 Å². The molecule has 0 radical (unpaired) electrons. The van der Waals surface area contributed by atoms with Gasteiger partial charge in [0.2, 0.25) is 0 Å². The Labute approximate surface area is 146 Å². The van der Waals surface area contributed by atoms with E-state index < -0.39 is 0 Å². The highest BCUT2D eigenvalue weighted by molar-refractivity contribution is 7.71. The molecule has 4 heteroatoms. The van der Waals surface area contributed by atoms with Gasteiger partial charge in [-0.2, -0.15) is 5.26 Å². The van der Waals surface area contributed by atoms with Crippen LogP contribution >= 0.6 is 12.2 Å². The van der Waals surface area contributed by atoms with Crippen molar-refractivity contribution in [2.75, 3.05) is 7.11 Å². The van der Waals surface area contributed by atoms with Crippen LogP contribution in [0.1, 0.15) is 11.1 Å². The minimum atomic E-state index is 0.666. The second-order valence-electron chi connectivity index (χ2n) is 5.40. The Balaban J connectivity index is 1.85. The van der Waals surface area contributed by atoms with E-state index in [1.54, 1.807) is 7.11 Å². The molecule has 0 amide bonds. The van der Waals surface area contributed by atoms with Crippen LogP contribution in [-0.4, -0.2) is 11.7 Å². The monoisotopic (exact) mass is 332 g/mol. The number of hydrogen-bond donors (Lipinski definition) is 0. The lowest BCUT2D eigenvalue weighted by molar-refractivity contribution is 0.407. The first-order valence-corrected chi connectivity index (χ1v) is 7.95. The van der Waals surface area contributed by atoms with Crippen molar-refractivity contribution in [1.82, 2.24) is 4.57 Å². The van der Waals surface area contributed by atoms with E-state index in [0.29, 0.717) is 22.5 Å². The summed E-state index contributed by atoms with van der Waals surface area (Å²) in [6.45, 7) is 0.689. The summed E-state index contributed by atoms with van der Waals surface area (Å²) in [6, 6.07) is 21.9. The predicted molar refractivity (Wildman–Crippen MR) is 97.5 cm³/mol. The lowest BCUT2D eigenvalue weighted by atomic mass is 10.0. The Morgan fingerprint density at radius 1 is 1.04 bits per heavy atom. The number of pyridine rings is 1. The summed E-state index contributed by atoms with van der Waals surface area (Å²) in [6.07, 6.45) is 1.95. The Morgan fingerprint density at radius 3 is 2.54 bits per heavy atom. The van der Waals surface area contributed by atoms with Gasteiger partial charge < -0.3 is 9.30 Å². The quantitative estimate of drug-likeness (QED) is 0.643. The standard InChI is InChI=1S/C20H16N2OS/c1-23-19-6-3-11-22(20(19)24)14-15-7-9-17(10-8-15)18-5-2-4-16(12-18)13-21/h2-12H,14H2,1H3. The van der Waals surface area contributed by atoms with Crippen LogP contribution in [0, 0.1) is 16.0 Å². The highest BCUT2D eigenvalue weighted by Crippen LogP contribution is 2.21. The van der Waals surface area contributed by atoms with Crippen LogP contribution in [0.15, 0.2) is 66.9 Å². The van der Waals surface area contributed by atoms with E-state index in [1.165, 1.54) is 0 Å². The van der Waals surface area contributed by atoms with Gasteiger partial charge in [-0.25, -0.2) is 0 Å². The topological polar surface area (TPSA) is 38.0 Å². The molecule has 3 aromatic rings. The maximum absolute atomic E-state index is 9.01. The van der Waals surface area contributed by atoms with Gasteiger partial charge in [0.15, 0.2) is 5.75 Å². The molecule has 0 aliphatic heterocycles. The summed E-state index contributed by atoms with van der Waals surface area (Å²) in [4.78, 5) is 0. The third-order valence-electron chi connectivity index (χ3n) is 3.84. The molecule has 3 nitrogen and oxygen atoms in total. The first kappa shape index (κ1) is 16.0. The van der Waals surface area contributed by atoms with Crippen molar-refractivity contribution in [2.24, 2.45) is 0 Å². The number of methoxy groups -OCH3 is 1. The molecule has 0 aliphatic carbocycles. The second kappa shape index (κ2) is 7.12. The highest BCUT2D eigenvalue weighted by atomic mass is 32.1. The zero-order valence-electron chi connectivity index (χ0n) is 13.3. The molecule has 0 spiro atoms. The van der Waals surface area contributed by atoms with Gasteiger partial charge in [0.25, 0.3) is 0 Å². The molecule has 1 aromatic heterocycles. The molecule has 0 saturated carbocycles. The van der Waals surface area contributed by atoms with Crippen LogP contribution in [-0.2, 0) is 6.54 Å². The van der Waals surface area contributed by atoms with Gasteiger partial charge in [-0.05, 0) is 41.0 Å². The summed E-state index contributed by atoms with van der Waals surface area (Å²) < 4.78 is 7.94. The van der Waals surface area contributed by atoms with Crippen LogP contribution in [0.3, 0.4) is 0 Å². The number of benzene rings is 2. The molecule has 24 heavy (non-hydrogen) atoms. The third-order valence-corrected chi connectivity index (χ3v) is 4.27. The number of rotatable bonds is 4. The number of nitriles is 1. The van der Waals surface area contributed by atoms with Crippen LogP contribution in [0.5, 0.6) is 5.75 Å². The maximum Gasteiger partial charge on any atom is 0.153 e. The summed E-state index contributed by atoms with van der Waals surface area (Å²) in [5, 5.41) is 9.01. The van der Waals surface area contributed by atoms with Gasteiger partial charge in [-0.15, -0.1) is 0 Å². The molecule has 0 unspecified atom stereocenters. The van der Waals surface area contributed by atoms with E-state index in [1.807, 2.05) is 47.2 Å². The van der Waals surface area contributed by atoms with Crippen LogP contribution in [0.25, 0.3) is 11.1 Å². The SMILES string of the molecule is COc1cccn(Cc2ccc(-c3cccc(C#N)c3)cc2)c1=S. The normalized spacial score (nSPS) is 10.2. The van der Waals surface area contributed by atoms with Crippen molar-refractivity contribution in [3.8, 4) is 22.9 Å². The van der Waals surface area contributed by atoms with Crippen LogP contribution < -0.4 is 4.74 Å². The predicted octanol–water partition coefficient (Wildman–Crippen LogP) is 4.81. The van der Waals surface area contributed by atoms with Gasteiger partial charge >= 0.3 is 0 Å². The van der Waals surface area contributed by atoms with E-state index >= 15 is 0 Å². The molecule has 0 aliphatic rings. The highest BCUT2D eigenvalue weighted by Gasteiger charge is 2.03. The average Bonchev–Trinajstić information content (AvgIpc) is 2.64. The number of ether oxygens (including phenoxy) is 1. The first-order valence-electron chi connectivity index (χ1n) is 7.54. The molecule has 118 valence electrons. The Kier molecular flexibility index (Phi) is 4.74. The smallest absolute Gasteiger partial charge is 0.153 e. The summed E-state index contributed by atoms with van der Waals surface area (Å²) in [5.41, 5.74) is 3.95. The van der Waals surface area contributed by atoms with E-state index in [2.05, 4.69) is 30.3 Å². The Morgan fingerprint density at radius 2 is 1.83 bits per heavy atom. The number of nitrogens with zero attached hydrogens (tertiary/aromatic N) is 2. The molecule has 0 bridgehead atoms. The van der Waals surface area contributed by atoms with Crippen molar-refractivity contribution in [3.63, 3.8) is 0 Å². The fourth-order valence-electron chi connectivity index (χ4n) is 2.56. The third kappa shape index (κ3) is 3.37. The van der Waals surface area contributed by atoms with Crippen molar-refractivity contribution in [2.45, 2.75) is 6.54 Å². The van der Waals surface area contributed by atoms with Crippen LogP contribution in [0.4, 0.5) is 0 Å². The summed E-state index contributed by atoms with van der Waals surface area (Å²) in [7, 11) is 1.62. The largest absolute Gasteiger partial charge is 0.494 e. The zero-order valence-corrected chi connectivity index (χ0v) is 14.1. The van der Waals surface area contributed by atoms with Gasteiger partial charge in [0.05, 0.1) is 18.7 Å². The molecule has 3 rings (SSSR count). The fraction of sp³-hybridized carbons (Fsp3) is 0.100. The lowest BCUT2D eigenvalue weighted by Crippen LogP contribution is -2.02. The van der Waals surface area contributed by atoms with Crippen molar-refractivity contribution < 1.29 is 4.74 Å². The molecule has 0 saturated heterocycles. The van der Waals surface area contributed by atoms with Gasteiger partial charge in [0.1, 0.15) is 4.64 Å².